The molecule has 2 aromatic rings. The highest BCUT2D eigenvalue weighted by Crippen LogP contribution is 2.21. The fraction of sp³-hybridized carbons (Fsp3) is 0.188. The quantitative estimate of drug-likeness (QED) is 0.861. The number of phenols is 1. The van der Waals surface area contributed by atoms with Crippen molar-refractivity contribution in [3.63, 3.8) is 0 Å². The molecule has 0 saturated carbocycles. The fourth-order valence-corrected chi connectivity index (χ4v) is 1.88. The summed E-state index contributed by atoms with van der Waals surface area (Å²) in [5, 5.41) is 12.4. The molecular formula is C16H17NO2. The van der Waals surface area contributed by atoms with Gasteiger partial charge in [-0.2, -0.15) is 0 Å². The van der Waals surface area contributed by atoms with E-state index in [1.807, 2.05) is 32.0 Å². The lowest BCUT2D eigenvalue weighted by Crippen LogP contribution is -2.13. The van der Waals surface area contributed by atoms with Crippen LogP contribution < -0.4 is 5.32 Å². The maximum atomic E-state index is 12.1. The SMILES string of the molecule is Cc1cc(C(=O)Nc2cccc(C)c2C)ccc1O. The molecule has 2 N–H and O–H groups in total. The highest BCUT2D eigenvalue weighted by molar-refractivity contribution is 6.04. The van der Waals surface area contributed by atoms with Gasteiger partial charge in [0, 0.05) is 11.3 Å². The first-order valence-electron chi connectivity index (χ1n) is 6.16. The summed E-state index contributed by atoms with van der Waals surface area (Å²) >= 11 is 0. The fourth-order valence-electron chi connectivity index (χ4n) is 1.88. The van der Waals surface area contributed by atoms with Gasteiger partial charge in [0.1, 0.15) is 5.75 Å². The number of hydrogen-bond donors (Lipinski definition) is 2. The molecule has 2 aromatic carbocycles. The summed E-state index contributed by atoms with van der Waals surface area (Å²) < 4.78 is 0. The van der Waals surface area contributed by atoms with E-state index in [9.17, 15) is 9.90 Å². The molecule has 1 amide bonds. The van der Waals surface area contributed by atoms with E-state index in [4.69, 9.17) is 0 Å². The van der Waals surface area contributed by atoms with Crippen molar-refractivity contribution < 1.29 is 9.90 Å². The van der Waals surface area contributed by atoms with E-state index in [2.05, 4.69) is 5.32 Å². The number of aryl methyl sites for hydroxylation is 2. The highest BCUT2D eigenvalue weighted by atomic mass is 16.3. The van der Waals surface area contributed by atoms with E-state index in [1.54, 1.807) is 19.1 Å². The summed E-state index contributed by atoms with van der Waals surface area (Å²) in [6.07, 6.45) is 0. The zero-order chi connectivity index (χ0) is 14.0. The number of carbonyl (C=O) groups is 1. The number of aromatic hydroxyl groups is 1. The first-order chi connectivity index (χ1) is 8.99. The van der Waals surface area contributed by atoms with Crippen LogP contribution in [0.2, 0.25) is 0 Å². The number of anilines is 1. The molecule has 0 heterocycles. The topological polar surface area (TPSA) is 49.3 Å². The first kappa shape index (κ1) is 13.1. The van der Waals surface area contributed by atoms with Gasteiger partial charge >= 0.3 is 0 Å². The second kappa shape index (κ2) is 5.14. The van der Waals surface area contributed by atoms with Gasteiger partial charge in [0.25, 0.3) is 5.91 Å². The molecule has 2 rings (SSSR count). The number of nitrogens with one attached hydrogen (secondary N) is 1. The van der Waals surface area contributed by atoms with Crippen molar-refractivity contribution in [1.29, 1.82) is 0 Å². The van der Waals surface area contributed by atoms with Gasteiger partial charge in [-0.1, -0.05) is 12.1 Å². The Morgan fingerprint density at radius 1 is 1.05 bits per heavy atom. The van der Waals surface area contributed by atoms with E-state index in [0.29, 0.717) is 11.1 Å². The van der Waals surface area contributed by atoms with Crippen molar-refractivity contribution in [2.45, 2.75) is 20.8 Å². The molecule has 0 atom stereocenters. The molecule has 3 nitrogen and oxygen atoms in total. The predicted octanol–water partition coefficient (Wildman–Crippen LogP) is 3.57. The Kier molecular flexibility index (Phi) is 3.56. The summed E-state index contributed by atoms with van der Waals surface area (Å²) in [4.78, 5) is 12.1. The Bertz CT molecular complexity index is 633. The molecule has 0 fully saturated rings. The third-order valence-corrected chi connectivity index (χ3v) is 3.31. The summed E-state index contributed by atoms with van der Waals surface area (Å²) in [6.45, 7) is 5.76. The molecule has 0 unspecified atom stereocenters. The van der Waals surface area contributed by atoms with E-state index < -0.39 is 0 Å². The Morgan fingerprint density at radius 2 is 1.79 bits per heavy atom. The summed E-state index contributed by atoms with van der Waals surface area (Å²) in [5.41, 5.74) is 4.24. The summed E-state index contributed by atoms with van der Waals surface area (Å²) in [5.74, 6) is 0.0279. The minimum atomic E-state index is -0.170. The maximum absolute atomic E-state index is 12.1. The number of amides is 1. The van der Waals surface area contributed by atoms with Crippen molar-refractivity contribution >= 4 is 11.6 Å². The van der Waals surface area contributed by atoms with Gasteiger partial charge in [-0.25, -0.2) is 0 Å². The lowest BCUT2D eigenvalue weighted by Gasteiger charge is -2.11. The van der Waals surface area contributed by atoms with Crippen LogP contribution in [0.5, 0.6) is 5.75 Å². The van der Waals surface area contributed by atoms with E-state index in [0.717, 1.165) is 16.8 Å². The predicted molar refractivity (Wildman–Crippen MR) is 76.7 cm³/mol. The molecule has 0 saturated heterocycles. The van der Waals surface area contributed by atoms with Crippen molar-refractivity contribution in [2.24, 2.45) is 0 Å². The van der Waals surface area contributed by atoms with Crippen LogP contribution in [0.25, 0.3) is 0 Å². The van der Waals surface area contributed by atoms with Gasteiger partial charge < -0.3 is 10.4 Å². The van der Waals surface area contributed by atoms with Crippen LogP contribution in [0, 0.1) is 20.8 Å². The number of rotatable bonds is 2. The van der Waals surface area contributed by atoms with Gasteiger partial charge in [-0.15, -0.1) is 0 Å². The monoisotopic (exact) mass is 255 g/mol. The molecule has 3 heteroatoms. The second-order valence-electron chi connectivity index (χ2n) is 4.70. The average molecular weight is 255 g/mol. The van der Waals surface area contributed by atoms with Crippen molar-refractivity contribution in [3.05, 3.63) is 58.7 Å². The summed E-state index contributed by atoms with van der Waals surface area (Å²) in [7, 11) is 0. The molecule has 0 aliphatic heterocycles. The van der Waals surface area contributed by atoms with Crippen molar-refractivity contribution in [2.75, 3.05) is 5.32 Å². The molecule has 0 radical (unpaired) electrons. The number of benzene rings is 2. The van der Waals surface area contributed by atoms with Gasteiger partial charge in [0.2, 0.25) is 0 Å². The highest BCUT2D eigenvalue weighted by Gasteiger charge is 2.09. The van der Waals surface area contributed by atoms with Gasteiger partial charge in [-0.3, -0.25) is 4.79 Å². The Labute approximate surface area is 112 Å². The van der Waals surface area contributed by atoms with Gasteiger partial charge in [-0.05, 0) is 61.7 Å². The molecule has 98 valence electrons. The van der Waals surface area contributed by atoms with Crippen LogP contribution in [-0.4, -0.2) is 11.0 Å². The Hall–Kier alpha value is -2.29. The van der Waals surface area contributed by atoms with Crippen LogP contribution in [0.4, 0.5) is 5.69 Å². The minimum Gasteiger partial charge on any atom is -0.508 e. The maximum Gasteiger partial charge on any atom is 0.255 e. The van der Waals surface area contributed by atoms with E-state index in [-0.39, 0.29) is 11.7 Å². The van der Waals surface area contributed by atoms with Gasteiger partial charge in [0.05, 0.1) is 0 Å². The minimum absolute atomic E-state index is 0.170. The van der Waals surface area contributed by atoms with E-state index in [1.165, 1.54) is 6.07 Å². The normalized spacial score (nSPS) is 10.3. The molecule has 19 heavy (non-hydrogen) atoms. The van der Waals surface area contributed by atoms with Crippen LogP contribution in [0.15, 0.2) is 36.4 Å². The lowest BCUT2D eigenvalue weighted by molar-refractivity contribution is 0.102. The molecule has 0 aliphatic rings. The molecule has 0 spiro atoms. The van der Waals surface area contributed by atoms with Crippen LogP contribution in [-0.2, 0) is 0 Å². The van der Waals surface area contributed by atoms with Crippen LogP contribution in [0.1, 0.15) is 27.0 Å². The molecule has 0 bridgehead atoms. The van der Waals surface area contributed by atoms with Crippen LogP contribution >= 0.6 is 0 Å². The first-order valence-corrected chi connectivity index (χ1v) is 6.16. The van der Waals surface area contributed by atoms with Crippen LogP contribution in [0.3, 0.4) is 0 Å². The smallest absolute Gasteiger partial charge is 0.255 e. The number of carbonyl (C=O) groups excluding carboxylic acids is 1. The molecule has 0 aliphatic carbocycles. The third kappa shape index (κ3) is 2.76. The van der Waals surface area contributed by atoms with E-state index >= 15 is 0 Å². The Balaban J connectivity index is 2.26. The van der Waals surface area contributed by atoms with Crippen molar-refractivity contribution in [3.8, 4) is 5.75 Å². The summed E-state index contributed by atoms with van der Waals surface area (Å²) in [6, 6.07) is 10.6. The largest absolute Gasteiger partial charge is 0.508 e. The zero-order valence-corrected chi connectivity index (χ0v) is 11.3. The standard InChI is InChI=1S/C16H17NO2/c1-10-5-4-6-14(12(10)3)17-16(19)13-7-8-15(18)11(2)9-13/h4-9,18H,1-3H3,(H,17,19). The average Bonchev–Trinajstić information content (AvgIpc) is 2.38. The second-order valence-corrected chi connectivity index (χ2v) is 4.70. The van der Waals surface area contributed by atoms with Gasteiger partial charge in [0.15, 0.2) is 0 Å². The Morgan fingerprint density at radius 3 is 2.47 bits per heavy atom. The number of hydrogen-bond acceptors (Lipinski definition) is 2. The third-order valence-electron chi connectivity index (χ3n) is 3.31. The molecular weight excluding hydrogens is 238 g/mol. The van der Waals surface area contributed by atoms with Crippen molar-refractivity contribution in [1.82, 2.24) is 0 Å². The zero-order valence-electron chi connectivity index (χ0n) is 11.3. The lowest BCUT2D eigenvalue weighted by atomic mass is 10.1. The molecule has 0 aromatic heterocycles. The number of phenolic OH excluding ortho intramolecular Hbond substituents is 1.